The number of imidazole rings is 1. The highest BCUT2D eigenvalue weighted by atomic mass is 79.9. The molecule has 2 aromatic heterocycles. The lowest BCUT2D eigenvalue weighted by atomic mass is 9.78. The fourth-order valence-corrected chi connectivity index (χ4v) is 5.11. The highest BCUT2D eigenvalue weighted by Crippen LogP contribution is 2.32. The molecule has 1 saturated heterocycles. The highest BCUT2D eigenvalue weighted by molar-refractivity contribution is 9.10. The van der Waals surface area contributed by atoms with E-state index in [4.69, 9.17) is 0 Å². The van der Waals surface area contributed by atoms with Crippen molar-refractivity contribution in [1.29, 1.82) is 0 Å². The monoisotopic (exact) mass is 454 g/mol. The number of rotatable bonds is 2. The van der Waals surface area contributed by atoms with Gasteiger partial charge in [0.05, 0.1) is 6.61 Å². The number of halogens is 1. The average molecular weight is 455 g/mol. The number of likely N-dealkylation sites (tertiary alicyclic amines) is 1. The summed E-state index contributed by atoms with van der Waals surface area (Å²) in [5.41, 5.74) is 4.63. The Morgan fingerprint density at radius 1 is 1.21 bits per heavy atom. The molecule has 0 aliphatic carbocycles. The molecule has 4 heterocycles. The van der Waals surface area contributed by atoms with Crippen LogP contribution in [0, 0.1) is 0 Å². The Labute approximate surface area is 177 Å². The minimum absolute atomic E-state index is 0.0419. The maximum atomic E-state index is 13.1. The summed E-state index contributed by atoms with van der Waals surface area (Å²) in [6, 6.07) is 10.4. The van der Waals surface area contributed by atoms with E-state index in [-0.39, 0.29) is 18.1 Å². The van der Waals surface area contributed by atoms with Gasteiger partial charge in [-0.3, -0.25) is 4.79 Å². The normalized spacial score (nSPS) is 18.2. The van der Waals surface area contributed by atoms with Gasteiger partial charge in [-0.15, -0.1) is 0 Å². The van der Waals surface area contributed by atoms with Crippen LogP contribution in [0.15, 0.2) is 47.2 Å². The van der Waals surface area contributed by atoms with Gasteiger partial charge in [-0.05, 0) is 52.4 Å². The molecule has 2 aliphatic rings. The lowest BCUT2D eigenvalue weighted by molar-refractivity contribution is 0.0626. The lowest BCUT2D eigenvalue weighted by Crippen LogP contribution is -2.57. The van der Waals surface area contributed by atoms with Crippen LogP contribution in [-0.2, 0) is 19.6 Å². The van der Waals surface area contributed by atoms with Crippen molar-refractivity contribution >= 4 is 27.5 Å². The zero-order chi connectivity index (χ0) is 20.0. The summed E-state index contributed by atoms with van der Waals surface area (Å²) in [6.07, 6.45) is 6.50. The number of aromatic nitrogens is 2. The van der Waals surface area contributed by atoms with Gasteiger partial charge in [0.2, 0.25) is 0 Å². The number of amides is 1. The Morgan fingerprint density at radius 2 is 1.97 bits per heavy atom. The molecule has 6 nitrogen and oxygen atoms in total. The van der Waals surface area contributed by atoms with E-state index in [2.05, 4.69) is 50.5 Å². The number of aliphatic hydroxyl groups excluding tert-OH is 1. The molecule has 7 heteroatoms. The molecule has 1 fully saturated rings. The van der Waals surface area contributed by atoms with E-state index in [0.29, 0.717) is 16.9 Å². The first-order chi connectivity index (χ1) is 14.1. The fourth-order valence-electron chi connectivity index (χ4n) is 4.62. The second-order valence-corrected chi connectivity index (χ2v) is 8.99. The lowest BCUT2D eigenvalue weighted by Gasteiger charge is -2.45. The smallest absolute Gasteiger partial charge is 0.274 e. The average Bonchev–Trinajstić information content (AvgIpc) is 3.17. The number of nitrogens with one attached hydrogen (secondary N) is 1. The van der Waals surface area contributed by atoms with Crippen LogP contribution in [0.1, 0.15) is 40.0 Å². The zero-order valence-electron chi connectivity index (χ0n) is 16.1. The Hall–Kier alpha value is -2.22. The van der Waals surface area contributed by atoms with E-state index in [1.165, 1.54) is 11.1 Å². The number of piperidine rings is 1. The summed E-state index contributed by atoms with van der Waals surface area (Å²) in [7, 11) is 0. The van der Waals surface area contributed by atoms with Crippen molar-refractivity contribution < 1.29 is 9.90 Å². The van der Waals surface area contributed by atoms with Crippen molar-refractivity contribution in [2.45, 2.75) is 38.0 Å². The third-order valence-corrected chi connectivity index (χ3v) is 6.73. The van der Waals surface area contributed by atoms with Crippen LogP contribution in [0.4, 0.5) is 0 Å². The van der Waals surface area contributed by atoms with Crippen LogP contribution in [0.25, 0.3) is 5.65 Å². The molecular formula is C22H23BrN4O2. The van der Waals surface area contributed by atoms with E-state index in [1.807, 2.05) is 17.2 Å². The molecule has 2 aliphatic heterocycles. The van der Waals surface area contributed by atoms with Gasteiger partial charge in [0.15, 0.2) is 0 Å². The molecule has 0 atom stereocenters. The van der Waals surface area contributed by atoms with Crippen LogP contribution < -0.4 is 5.32 Å². The summed E-state index contributed by atoms with van der Waals surface area (Å²) in [5, 5.41) is 13.3. The van der Waals surface area contributed by atoms with E-state index in [0.717, 1.165) is 43.4 Å². The summed E-state index contributed by atoms with van der Waals surface area (Å²) in [6.45, 7) is 2.22. The minimum Gasteiger partial charge on any atom is -0.392 e. The van der Waals surface area contributed by atoms with Crippen molar-refractivity contribution in [3.63, 3.8) is 0 Å². The maximum Gasteiger partial charge on any atom is 0.274 e. The predicted octanol–water partition coefficient (Wildman–Crippen LogP) is 2.91. The molecule has 0 bridgehead atoms. The molecule has 3 aromatic rings. The molecule has 29 heavy (non-hydrogen) atoms. The first-order valence-electron chi connectivity index (χ1n) is 9.96. The Bertz CT molecular complexity index is 1090. The number of hydrogen-bond acceptors (Lipinski definition) is 4. The van der Waals surface area contributed by atoms with Gasteiger partial charge >= 0.3 is 0 Å². The first-order valence-corrected chi connectivity index (χ1v) is 10.8. The van der Waals surface area contributed by atoms with Crippen molar-refractivity contribution in [1.82, 2.24) is 19.6 Å². The second-order valence-electron chi connectivity index (χ2n) is 8.07. The largest absolute Gasteiger partial charge is 0.392 e. The number of aliphatic hydroxyl groups is 1. The highest BCUT2D eigenvalue weighted by Gasteiger charge is 2.38. The topological polar surface area (TPSA) is 69.9 Å². The van der Waals surface area contributed by atoms with Crippen LogP contribution in [-0.4, -0.2) is 43.9 Å². The van der Waals surface area contributed by atoms with Gasteiger partial charge in [-0.1, -0.05) is 24.3 Å². The third-order valence-electron chi connectivity index (χ3n) is 6.29. The molecule has 0 radical (unpaired) electrons. The van der Waals surface area contributed by atoms with Crippen LogP contribution in [0.3, 0.4) is 0 Å². The van der Waals surface area contributed by atoms with Gasteiger partial charge in [0.1, 0.15) is 11.3 Å². The van der Waals surface area contributed by atoms with Crippen molar-refractivity contribution in [2.75, 3.05) is 13.1 Å². The second kappa shape index (κ2) is 7.23. The van der Waals surface area contributed by atoms with E-state index in [1.54, 1.807) is 10.6 Å². The summed E-state index contributed by atoms with van der Waals surface area (Å²) >= 11 is 3.44. The number of benzene rings is 1. The van der Waals surface area contributed by atoms with E-state index in [9.17, 15) is 9.90 Å². The molecule has 1 aromatic carbocycles. The fraction of sp³-hybridized carbons (Fsp3) is 0.364. The Kier molecular flexibility index (Phi) is 4.69. The molecule has 2 N–H and O–H groups in total. The third kappa shape index (κ3) is 3.37. The molecule has 1 amide bonds. The Balaban J connectivity index is 1.32. The standard InChI is InChI=1S/C22H23BrN4O2/c23-18-9-17(14-28)20-25-19(13-27(20)12-18)21(29)26-7-5-22(6-8-26)10-15-3-1-2-4-16(15)11-24-22/h1-4,9,12-13,24,28H,5-8,10-11,14H2. The van der Waals surface area contributed by atoms with Gasteiger partial charge in [-0.2, -0.15) is 0 Å². The van der Waals surface area contributed by atoms with Crippen molar-refractivity contribution in [3.05, 3.63) is 69.6 Å². The van der Waals surface area contributed by atoms with Crippen LogP contribution >= 0.6 is 15.9 Å². The van der Waals surface area contributed by atoms with Gasteiger partial charge in [-0.25, -0.2) is 4.98 Å². The molecule has 1 spiro atoms. The molecule has 0 saturated carbocycles. The Morgan fingerprint density at radius 3 is 2.72 bits per heavy atom. The number of carbonyl (C=O) groups excluding carboxylic acids is 1. The molecule has 5 rings (SSSR count). The zero-order valence-corrected chi connectivity index (χ0v) is 17.7. The summed E-state index contributed by atoms with van der Waals surface area (Å²) in [4.78, 5) is 19.5. The molecule has 150 valence electrons. The maximum absolute atomic E-state index is 13.1. The first kappa shape index (κ1) is 18.8. The van der Waals surface area contributed by atoms with Gasteiger partial charge in [0, 0.05) is 47.6 Å². The number of pyridine rings is 1. The predicted molar refractivity (Wildman–Crippen MR) is 114 cm³/mol. The van der Waals surface area contributed by atoms with Crippen LogP contribution in [0.2, 0.25) is 0 Å². The van der Waals surface area contributed by atoms with Crippen LogP contribution in [0.5, 0.6) is 0 Å². The summed E-state index contributed by atoms with van der Waals surface area (Å²) < 4.78 is 2.64. The molecular weight excluding hydrogens is 432 g/mol. The van der Waals surface area contributed by atoms with E-state index < -0.39 is 0 Å². The van der Waals surface area contributed by atoms with Crippen molar-refractivity contribution in [3.8, 4) is 0 Å². The van der Waals surface area contributed by atoms with Crippen molar-refractivity contribution in [2.24, 2.45) is 0 Å². The quantitative estimate of drug-likeness (QED) is 0.624. The van der Waals surface area contributed by atoms with E-state index >= 15 is 0 Å². The number of nitrogens with zero attached hydrogens (tertiary/aromatic N) is 3. The van der Waals surface area contributed by atoms with Gasteiger partial charge < -0.3 is 19.7 Å². The minimum atomic E-state index is -0.118. The molecule has 0 unspecified atom stereocenters. The van der Waals surface area contributed by atoms with Gasteiger partial charge in [0.25, 0.3) is 5.91 Å². The number of carbonyl (C=O) groups is 1. The number of fused-ring (bicyclic) bond motifs is 2. The SMILES string of the molecule is O=C(c1cn2cc(Br)cc(CO)c2n1)N1CCC2(CC1)Cc1ccccc1CN2. The summed E-state index contributed by atoms with van der Waals surface area (Å²) in [5.74, 6) is -0.0419. The number of hydrogen-bond donors (Lipinski definition) is 2.